The summed E-state index contributed by atoms with van der Waals surface area (Å²) in [7, 11) is 9.86. The number of alkyl halides is 4. The Bertz CT molecular complexity index is 4010. The Balaban J connectivity index is 0.000000415. The predicted octanol–water partition coefficient (Wildman–Crippen LogP) is 17.4. The van der Waals surface area contributed by atoms with Crippen molar-refractivity contribution < 1.29 is 128 Å². The summed E-state index contributed by atoms with van der Waals surface area (Å²) in [6.45, 7) is 16.0. The van der Waals surface area contributed by atoms with Gasteiger partial charge in [0.2, 0.25) is 0 Å². The van der Waals surface area contributed by atoms with Crippen LogP contribution in [0.2, 0.25) is 0 Å². The van der Waals surface area contributed by atoms with E-state index in [0.29, 0.717) is 104 Å². The number of likely N-dealkylation sites (tertiary alicyclic amines) is 4. The Hall–Kier alpha value is -3.38. The maximum atomic E-state index is 10.1. The molecule has 8 fully saturated rings. The second-order valence-corrected chi connectivity index (χ2v) is 34.7. The average Bonchev–Trinajstić information content (AvgIpc) is 1.68. The molecule has 6 N–H and O–H groups in total. The van der Waals surface area contributed by atoms with Gasteiger partial charge >= 0.3 is 64.3 Å². The average molecular weight is 2200 g/mol. The van der Waals surface area contributed by atoms with E-state index in [1.165, 1.54) is 117 Å². The SMILES string of the molecule is CC.Cl.ClCCl.Cl[C@H]1CCCCC1N1CC[C@@H](OCc2ccccc2)C1.OCCc1ccc(O)c(O)c1.O[C@H]1CCCCC1N1CC[C@@H](OCc2ccccc2)C1.[13CH3]I.[13CH3]Oc1ccc(CCO)cc1O[13CH3].[13CH3]Oc1ccc(CCO[C@H]2CCCCC2N2CC[C@@H](O)C2)cc1O[13CH3].[13CH3]Oc1ccc(CCO[C@H]2CCCCC2N2CC[C@@H](OCc3ccccc3)C2)cc1O[13CH3].[2H][V][I].[H-].[Na+]. The number of nitrogens with zero attached hydrogens (tertiary/aromatic N) is 4. The number of benzene rings is 7. The molecule has 7 aromatic rings. The number of halogens is 6. The number of hydrogen-bond acceptors (Lipinski definition) is 21. The number of aromatic hydroxyl groups is 2. The molecule has 21 nitrogen and oxygen atoms in total. The smallest absolute Gasteiger partial charge is 1.00 e. The molecule has 0 bridgehead atoms. The fraction of sp³-hybridized carbons (Fsp3) is 0.592. The second-order valence-electron chi connectivity index (χ2n) is 33.3. The zero-order chi connectivity index (χ0) is 94.8. The quantitative estimate of drug-likeness (QED) is 0.00779. The van der Waals surface area contributed by atoms with Crippen molar-refractivity contribution in [3.8, 4) is 46.0 Å². The van der Waals surface area contributed by atoms with Gasteiger partial charge in [-0.1, -0.05) is 203 Å². The van der Waals surface area contributed by atoms with E-state index >= 15 is 0 Å². The molecular formula is C103H155Cl4I2N4NaO17V. The third kappa shape index (κ3) is 43.8. The Labute approximate surface area is 870 Å². The van der Waals surface area contributed by atoms with Crippen molar-refractivity contribution in [2.24, 2.45) is 0 Å². The third-order valence-electron chi connectivity index (χ3n) is 24.9. The first-order chi connectivity index (χ1) is 64.0. The monoisotopic (exact) mass is 2200 g/mol. The number of methoxy groups -OCH3 is 6. The van der Waals surface area contributed by atoms with Gasteiger partial charge in [-0.25, -0.2) is 0 Å². The summed E-state index contributed by atoms with van der Waals surface area (Å²) >= 11 is 20.1. The predicted molar refractivity (Wildman–Crippen MR) is 549 cm³/mol. The van der Waals surface area contributed by atoms with Gasteiger partial charge in [-0.2, -0.15) is 0 Å². The van der Waals surface area contributed by atoms with E-state index < -0.39 is 0 Å². The van der Waals surface area contributed by atoms with Crippen LogP contribution < -0.4 is 58.0 Å². The molecule has 4 saturated heterocycles. The largest absolute Gasteiger partial charge is 1.00 e. The number of phenolic OH excluding ortho intramolecular Hbond substituents is 2. The van der Waals surface area contributed by atoms with Crippen LogP contribution in [0.3, 0.4) is 0 Å². The van der Waals surface area contributed by atoms with Crippen LogP contribution in [-0.2, 0) is 83.1 Å². The molecule has 737 valence electrons. The molecule has 29 heteroatoms. The third-order valence-corrected chi connectivity index (χ3v) is 25.4. The van der Waals surface area contributed by atoms with Crippen molar-refractivity contribution in [1.82, 2.24) is 19.6 Å². The van der Waals surface area contributed by atoms with Crippen molar-refractivity contribution in [3.05, 3.63) is 203 Å². The van der Waals surface area contributed by atoms with E-state index in [0.717, 1.165) is 164 Å². The van der Waals surface area contributed by atoms with Crippen LogP contribution in [0.1, 0.15) is 183 Å². The molecule has 4 aliphatic carbocycles. The standard InChI is InChI=1S/C27H37NO4.C20H31NO4.C17H24ClNO.C17H25NO2.C10H14O3.C8H10O3.C2H6.CH2Cl2.CH3I.ClH.HI.Na.V.2H/c1-29-26-13-12-21(18-27(26)30-2)15-17-31-25-11-7-6-10-24(25)28-16-14-23(19-28)32-20-22-8-4-3-5-9-22;1-23-19-8-7-15(13-20(19)24-2)10-12-25-18-6-4-3-5-17(18)21-11-9-16(22)14-21;18-16-8-4-5-9-17(16)19-11-10-15(12-19)20-13-14-6-2-1-3-7-14;19-17-9-5-4-8-16(17)18-11-10-15(12-18)20-13-14-6-2-1-3-7-14;1-12-9-4-3-8(5-6-11)7-10(9)13-2;9-4-3-6-1-2-7(10)8(11)5-6;1-2;2-1-3;1-2;;;;;;/h3-5,8-9,12-13,18,23-25H,6-7,10-11,14-17,19-20H2,1-2H3;7-8,13,16-18,22H,3-6,9-12,14H2,1-2H3;1-3,6-7,15-17H,4-5,8-13H2;1-3,6-7,15-17,19H,4-5,8-13H2;3-4,7,11H,5-6H2,1-2H3;1-2,5,9-11H,3-4H2;1-2H3;1H2;1H3;2*1H;;;;/q;;;;;;;;;;;2*+1;;-1/p-1/t23-,24?,25+;16-,17?,18+;15-,16+,17?;15-,16?,17+;;;;;;;;;;;/m1111.........../s1/i2*1+1,2+1;;;1+1,2+1;;;;1+1;;;;;1+1;. The molecule has 4 heterocycles. The number of ether oxygens (including phenoxy) is 11. The molecule has 4 aliphatic heterocycles. The Kier molecular flexibility index (Phi) is 65.7. The van der Waals surface area contributed by atoms with Crippen LogP contribution in [-0.4, -0.2) is 255 Å². The number of aliphatic hydroxyl groups is 4. The Morgan fingerprint density at radius 3 is 1.05 bits per heavy atom. The Morgan fingerprint density at radius 1 is 0.386 bits per heavy atom. The van der Waals surface area contributed by atoms with Crippen molar-refractivity contribution in [1.29, 1.82) is 0.879 Å². The van der Waals surface area contributed by atoms with Gasteiger partial charge in [-0.3, -0.25) is 19.6 Å². The zero-order valence-corrected chi connectivity index (χ0v) is 90.8. The fourth-order valence-electron chi connectivity index (χ4n) is 18.1. The molecule has 4 saturated carbocycles. The molecule has 0 spiro atoms. The van der Waals surface area contributed by atoms with Gasteiger partial charge in [0, 0.05) is 95.1 Å². The van der Waals surface area contributed by atoms with E-state index in [1.54, 1.807) is 48.7 Å². The van der Waals surface area contributed by atoms with Crippen LogP contribution in [0.5, 0.6) is 46.0 Å². The van der Waals surface area contributed by atoms with E-state index in [2.05, 4.69) is 139 Å². The molecule has 8 aliphatic rings. The minimum atomic E-state index is -0.158. The maximum Gasteiger partial charge on any atom is 1.00 e. The second kappa shape index (κ2) is 72.8. The number of rotatable bonds is 31. The molecule has 0 aromatic heterocycles. The summed E-state index contributed by atoms with van der Waals surface area (Å²) in [4.78, 5) is 12.0. The number of phenols is 2. The minimum Gasteiger partial charge on any atom is -1.00 e. The van der Waals surface area contributed by atoms with Crippen molar-refractivity contribution in [2.75, 3.05) is 132 Å². The summed E-state index contributed by atoms with van der Waals surface area (Å²) in [5.41, 5.74) is 8.01. The number of aliphatic hydroxyl groups excluding tert-OH is 4. The van der Waals surface area contributed by atoms with E-state index in [1.807, 2.05) is 87.3 Å². The van der Waals surface area contributed by atoms with Crippen LogP contribution in [0.25, 0.3) is 0 Å². The summed E-state index contributed by atoms with van der Waals surface area (Å²) in [6.07, 6.45) is 27.9. The van der Waals surface area contributed by atoms with Gasteiger partial charge in [-0.15, -0.1) is 47.2 Å². The summed E-state index contributed by atoms with van der Waals surface area (Å²) in [6, 6.07) is 55.5. The molecule has 15 rings (SSSR count). The van der Waals surface area contributed by atoms with Crippen LogP contribution in [0.4, 0.5) is 0 Å². The minimum absolute atomic E-state index is 0. The van der Waals surface area contributed by atoms with Crippen LogP contribution >= 0.6 is 89.8 Å². The topological polar surface area (TPSA) is 236 Å². The first-order valence-electron chi connectivity index (χ1n) is 47.2. The first kappa shape index (κ1) is 119. The molecule has 7 aromatic carbocycles. The molecule has 132 heavy (non-hydrogen) atoms. The van der Waals surface area contributed by atoms with E-state index in [4.69, 9.17) is 108 Å². The van der Waals surface area contributed by atoms with Gasteiger partial charge in [0.25, 0.3) is 0 Å². The van der Waals surface area contributed by atoms with Gasteiger partial charge in [0.1, 0.15) is 0 Å². The first-order valence-corrected chi connectivity index (χ1v) is 54.9. The van der Waals surface area contributed by atoms with E-state index in [-0.39, 0.29) is 99.5 Å². The Morgan fingerprint density at radius 2 is 0.697 bits per heavy atom. The van der Waals surface area contributed by atoms with E-state index in [9.17, 15) is 10.2 Å². The van der Waals surface area contributed by atoms with Crippen molar-refractivity contribution in [2.45, 2.75) is 260 Å². The van der Waals surface area contributed by atoms with Crippen molar-refractivity contribution >= 4 is 89.8 Å². The van der Waals surface area contributed by atoms with Gasteiger partial charge in [0.05, 0.1) is 124 Å². The van der Waals surface area contributed by atoms with Gasteiger partial charge < -0.3 is 84.2 Å². The summed E-state index contributed by atoms with van der Waals surface area (Å²) < 4.78 is 69.0. The normalized spacial score (nSPS) is 22.7. The fourth-order valence-corrected chi connectivity index (χ4v) is 18.6. The van der Waals surface area contributed by atoms with Crippen LogP contribution in [0, 0.1) is 0 Å². The molecule has 0 radical (unpaired) electrons. The molecule has 4 unspecified atom stereocenters. The molecule has 12 atom stereocenters. The molecule has 0 amide bonds. The number of hydrogen-bond donors (Lipinski definition) is 6. The van der Waals surface area contributed by atoms with Gasteiger partial charge in [-0.05, 0) is 195 Å². The number of β-amino-alcohol motifs (C(OH)–C–C–N with tert-alkyl or cyclic N) is 1. The van der Waals surface area contributed by atoms with Crippen molar-refractivity contribution in [3.63, 3.8) is 0 Å². The summed E-state index contributed by atoms with van der Waals surface area (Å²) in [5, 5.41) is 55.7. The van der Waals surface area contributed by atoms with Crippen LogP contribution in [0.15, 0.2) is 164 Å². The zero-order valence-electron chi connectivity index (χ0n) is 82.0. The van der Waals surface area contributed by atoms with Gasteiger partial charge in [0.15, 0.2) is 46.0 Å². The maximum absolute atomic E-state index is 10.1. The summed E-state index contributed by atoms with van der Waals surface area (Å²) in [5.74, 6) is 4.20. The molecular weight excluding hydrogens is 2040 g/mol.